The standard InChI is InChI=1S/CH6N2O3S/c1-5-7(4)6-3-2/h3H,2H2,1H3. The first kappa shape index (κ1) is 6.99. The lowest BCUT2D eigenvalue weighted by Gasteiger charge is -1.92. The number of nitrogens with two attached hydrogens (primary N) is 1. The Bertz CT molecular complexity index is 66.0. The third-order valence-corrected chi connectivity index (χ3v) is 0.757. The van der Waals surface area contributed by atoms with Crippen LogP contribution in [0.3, 0.4) is 0 Å². The Morgan fingerprint density at radius 1 is 1.86 bits per heavy atom. The van der Waals surface area contributed by atoms with Crippen molar-refractivity contribution in [1.82, 2.24) is 5.59 Å². The molecule has 0 aromatic heterocycles. The van der Waals surface area contributed by atoms with E-state index in [0.717, 1.165) is 0 Å². The second kappa shape index (κ2) is 4.16. The summed E-state index contributed by atoms with van der Waals surface area (Å²) in [6, 6.07) is 0. The highest BCUT2D eigenvalue weighted by Gasteiger charge is 1.89. The van der Waals surface area contributed by atoms with Gasteiger partial charge in [-0.25, -0.2) is 5.84 Å². The molecule has 0 rings (SSSR count). The van der Waals surface area contributed by atoms with Crippen molar-refractivity contribution in [2.45, 2.75) is 0 Å². The van der Waals surface area contributed by atoms with Crippen LogP contribution >= 0.6 is 0 Å². The molecular formula is CH6N2O3S. The Labute approximate surface area is 43.6 Å². The van der Waals surface area contributed by atoms with Crippen LogP contribution in [0.5, 0.6) is 0 Å². The van der Waals surface area contributed by atoms with E-state index in [-0.39, 0.29) is 0 Å². The summed E-state index contributed by atoms with van der Waals surface area (Å²) in [6.07, 6.45) is 0. The van der Waals surface area contributed by atoms with E-state index < -0.39 is 11.4 Å². The number of hydrazine groups is 1. The number of hydrogen-bond acceptors (Lipinski definition) is 5. The van der Waals surface area contributed by atoms with Crippen LogP contribution in [0.25, 0.3) is 0 Å². The van der Waals surface area contributed by atoms with Gasteiger partial charge in [0.2, 0.25) is 0 Å². The van der Waals surface area contributed by atoms with Crippen LogP contribution in [0.15, 0.2) is 0 Å². The van der Waals surface area contributed by atoms with Gasteiger partial charge in [-0.15, -0.1) is 5.59 Å². The molecule has 44 valence electrons. The second-order valence-electron chi connectivity index (χ2n) is 0.572. The summed E-state index contributed by atoms with van der Waals surface area (Å²) < 4.78 is 18.0. The fraction of sp³-hybridized carbons (Fsp3) is 1.00. The van der Waals surface area contributed by atoms with E-state index in [0.29, 0.717) is 0 Å². The lowest BCUT2D eigenvalue weighted by molar-refractivity contribution is 0.190. The van der Waals surface area contributed by atoms with Crippen LogP contribution in [0.1, 0.15) is 0 Å². The molecule has 1 atom stereocenters. The first-order valence-corrected chi connectivity index (χ1v) is 2.40. The summed E-state index contributed by atoms with van der Waals surface area (Å²) in [7, 11) is 1.23. The van der Waals surface area contributed by atoms with Crippen LogP contribution in [0.2, 0.25) is 0 Å². The monoisotopic (exact) mass is 126 g/mol. The zero-order valence-electron chi connectivity index (χ0n) is 3.71. The third kappa shape index (κ3) is 3.83. The smallest absolute Gasteiger partial charge is 0.271 e. The summed E-state index contributed by atoms with van der Waals surface area (Å²) in [4.78, 5) is 0. The molecule has 0 bridgehead atoms. The van der Waals surface area contributed by atoms with Gasteiger partial charge in [-0.1, -0.05) is 0 Å². The molecule has 3 N–H and O–H groups in total. The average molecular weight is 126 g/mol. The van der Waals surface area contributed by atoms with Gasteiger partial charge in [0.25, 0.3) is 0 Å². The maximum absolute atomic E-state index is 9.94. The maximum atomic E-state index is 9.94. The zero-order valence-corrected chi connectivity index (χ0v) is 4.53. The Kier molecular flexibility index (Phi) is 4.15. The summed E-state index contributed by atoms with van der Waals surface area (Å²) in [5.41, 5.74) is 1.69. The van der Waals surface area contributed by atoms with E-state index in [1.807, 2.05) is 0 Å². The van der Waals surface area contributed by atoms with Crippen LogP contribution in [0, 0.1) is 0 Å². The van der Waals surface area contributed by atoms with E-state index in [1.54, 1.807) is 5.59 Å². The number of hydrogen-bond donors (Lipinski definition) is 2. The summed E-state index contributed by atoms with van der Waals surface area (Å²) in [5.74, 6) is 4.56. The molecule has 0 heterocycles. The minimum atomic E-state index is -1.76. The van der Waals surface area contributed by atoms with Crippen molar-refractivity contribution < 1.29 is 12.7 Å². The molecule has 7 heavy (non-hydrogen) atoms. The molecule has 0 aromatic carbocycles. The lowest BCUT2D eigenvalue weighted by atomic mass is 11.8. The van der Waals surface area contributed by atoms with E-state index in [2.05, 4.69) is 14.3 Å². The molecule has 0 aliphatic rings. The third-order valence-electron chi connectivity index (χ3n) is 0.252. The van der Waals surface area contributed by atoms with Crippen molar-refractivity contribution in [3.8, 4) is 0 Å². The maximum Gasteiger partial charge on any atom is 0.323 e. The molecule has 1 unspecified atom stereocenters. The van der Waals surface area contributed by atoms with Crippen molar-refractivity contribution in [2.24, 2.45) is 5.84 Å². The molecule has 0 saturated heterocycles. The molecule has 0 fully saturated rings. The van der Waals surface area contributed by atoms with Crippen molar-refractivity contribution in [3.05, 3.63) is 0 Å². The minimum absolute atomic E-state index is 1.23. The predicted octanol–water partition coefficient (Wildman–Crippen LogP) is -1.39. The lowest BCUT2D eigenvalue weighted by Crippen LogP contribution is -2.23. The highest BCUT2D eigenvalue weighted by molar-refractivity contribution is 7.75. The molecule has 0 saturated carbocycles. The van der Waals surface area contributed by atoms with Gasteiger partial charge in [-0.05, 0) is 0 Å². The first-order valence-electron chi connectivity index (χ1n) is 1.40. The van der Waals surface area contributed by atoms with Gasteiger partial charge in [0.05, 0.1) is 7.11 Å². The summed E-state index contributed by atoms with van der Waals surface area (Å²) in [6.45, 7) is 0. The van der Waals surface area contributed by atoms with Crippen molar-refractivity contribution in [2.75, 3.05) is 7.11 Å². The SMILES string of the molecule is COS(=O)ONN. The quantitative estimate of drug-likeness (QED) is 0.359. The van der Waals surface area contributed by atoms with Gasteiger partial charge in [-0.3, -0.25) is 4.18 Å². The Hall–Kier alpha value is -0.0100. The summed E-state index contributed by atoms with van der Waals surface area (Å²) in [5, 5.41) is 0. The fourth-order valence-corrected chi connectivity index (χ4v) is 0.220. The van der Waals surface area contributed by atoms with Gasteiger partial charge >= 0.3 is 11.4 Å². The minimum Gasteiger partial charge on any atom is -0.271 e. The molecule has 0 aromatic rings. The fourth-order valence-electron chi connectivity index (χ4n) is 0.0733. The Balaban J connectivity index is 3.00. The molecule has 0 aliphatic heterocycles. The highest BCUT2D eigenvalue weighted by atomic mass is 32.2. The second-order valence-corrected chi connectivity index (χ2v) is 1.48. The van der Waals surface area contributed by atoms with Crippen LogP contribution < -0.4 is 11.4 Å². The highest BCUT2D eigenvalue weighted by Crippen LogP contribution is 1.75. The topological polar surface area (TPSA) is 73.6 Å². The molecule has 0 spiro atoms. The summed E-state index contributed by atoms with van der Waals surface area (Å²) >= 11 is -1.76. The number of nitrogens with one attached hydrogen (secondary N) is 1. The average Bonchev–Trinajstić information content (AvgIpc) is 1.68. The van der Waals surface area contributed by atoms with Crippen molar-refractivity contribution in [3.63, 3.8) is 0 Å². The molecule has 0 aliphatic carbocycles. The van der Waals surface area contributed by atoms with Gasteiger partial charge in [0.1, 0.15) is 0 Å². The molecule has 0 radical (unpaired) electrons. The molecular weight excluding hydrogens is 120 g/mol. The molecule has 0 amide bonds. The number of rotatable bonds is 3. The Morgan fingerprint density at radius 3 is 2.57 bits per heavy atom. The van der Waals surface area contributed by atoms with Gasteiger partial charge in [-0.2, -0.15) is 8.49 Å². The normalized spacial score (nSPS) is 14.0. The van der Waals surface area contributed by atoms with E-state index >= 15 is 0 Å². The molecule has 6 heteroatoms. The Morgan fingerprint density at radius 2 is 2.43 bits per heavy atom. The molecule has 5 nitrogen and oxygen atoms in total. The van der Waals surface area contributed by atoms with Crippen molar-refractivity contribution >= 4 is 11.4 Å². The van der Waals surface area contributed by atoms with Crippen LogP contribution in [0.4, 0.5) is 0 Å². The van der Waals surface area contributed by atoms with Crippen LogP contribution in [-0.2, 0) is 19.8 Å². The van der Waals surface area contributed by atoms with E-state index in [1.165, 1.54) is 7.11 Å². The van der Waals surface area contributed by atoms with E-state index in [9.17, 15) is 4.21 Å². The largest absolute Gasteiger partial charge is 0.323 e. The van der Waals surface area contributed by atoms with E-state index in [4.69, 9.17) is 0 Å². The van der Waals surface area contributed by atoms with Gasteiger partial charge in [0, 0.05) is 0 Å². The van der Waals surface area contributed by atoms with Gasteiger partial charge < -0.3 is 0 Å². The van der Waals surface area contributed by atoms with Crippen LogP contribution in [-0.4, -0.2) is 11.3 Å². The predicted molar refractivity (Wildman–Crippen MR) is 23.6 cm³/mol. The first-order chi connectivity index (χ1) is 3.31. The van der Waals surface area contributed by atoms with Gasteiger partial charge in [0.15, 0.2) is 0 Å². The zero-order chi connectivity index (χ0) is 5.70. The van der Waals surface area contributed by atoms with Crippen molar-refractivity contribution in [1.29, 1.82) is 0 Å².